The van der Waals surface area contributed by atoms with E-state index in [1.807, 2.05) is 6.07 Å². The summed E-state index contributed by atoms with van der Waals surface area (Å²) >= 11 is 6.56. The third-order valence-corrected chi connectivity index (χ3v) is 10.6. The molecule has 9 nitrogen and oxygen atoms in total. The number of rotatable bonds is 11. The first-order valence-corrected chi connectivity index (χ1v) is 18.4. The van der Waals surface area contributed by atoms with Crippen LogP contribution in [0.3, 0.4) is 0 Å². The predicted octanol–water partition coefficient (Wildman–Crippen LogP) is 7.31. The quantitative estimate of drug-likeness (QED) is 0.129. The molecule has 0 aliphatic heterocycles. The van der Waals surface area contributed by atoms with Crippen molar-refractivity contribution < 1.29 is 39.6 Å². The highest BCUT2D eigenvalue weighted by Crippen LogP contribution is 2.68. The Morgan fingerprint density at radius 2 is 1.81 bits per heavy atom. The molecule has 0 saturated heterocycles. The Hall–Kier alpha value is -4.75. The van der Waals surface area contributed by atoms with Crippen molar-refractivity contribution in [1.29, 1.82) is 5.26 Å². The van der Waals surface area contributed by atoms with E-state index in [9.17, 15) is 36.0 Å². The third-order valence-electron chi connectivity index (χ3n) is 9.50. The molecule has 0 N–H and O–H groups in total. The van der Waals surface area contributed by atoms with Crippen molar-refractivity contribution in [3.05, 3.63) is 98.7 Å². The van der Waals surface area contributed by atoms with E-state index in [4.69, 9.17) is 11.6 Å². The molecule has 52 heavy (non-hydrogen) atoms. The summed E-state index contributed by atoms with van der Waals surface area (Å²) in [5.41, 5.74) is -0.168. The molecule has 270 valence electrons. The van der Waals surface area contributed by atoms with Crippen LogP contribution in [0.25, 0.3) is 22.0 Å². The lowest BCUT2D eigenvalue weighted by atomic mass is 9.86. The maximum Gasteiger partial charge on any atom is 0.293 e. The minimum atomic E-state index is -3.56. The summed E-state index contributed by atoms with van der Waals surface area (Å²) in [4.78, 5) is 18.3. The first-order chi connectivity index (χ1) is 24.5. The van der Waals surface area contributed by atoms with Gasteiger partial charge in [-0.15, -0.1) is 0 Å². The zero-order valence-electron chi connectivity index (χ0n) is 27.3. The second kappa shape index (κ2) is 12.7. The van der Waals surface area contributed by atoms with Gasteiger partial charge < -0.3 is 0 Å². The zero-order chi connectivity index (χ0) is 37.4. The van der Waals surface area contributed by atoms with Gasteiger partial charge in [0, 0.05) is 65.9 Å². The van der Waals surface area contributed by atoms with Crippen molar-refractivity contribution in [1.82, 2.24) is 24.5 Å². The molecule has 3 atom stereocenters. The van der Waals surface area contributed by atoms with Crippen LogP contribution in [-0.4, -0.2) is 45.0 Å². The van der Waals surface area contributed by atoms with Gasteiger partial charge in [-0.1, -0.05) is 17.7 Å². The van der Waals surface area contributed by atoms with Gasteiger partial charge in [0.15, 0.2) is 15.6 Å². The van der Waals surface area contributed by atoms with Crippen LogP contribution in [0.5, 0.6) is 0 Å². The van der Waals surface area contributed by atoms with Gasteiger partial charge in [-0.2, -0.15) is 24.2 Å². The topological polar surface area (TPSA) is 124 Å². The molecule has 0 amide bonds. The van der Waals surface area contributed by atoms with Crippen LogP contribution in [0.15, 0.2) is 42.6 Å². The number of aryl methyl sites for hydroxylation is 1. The van der Waals surface area contributed by atoms with E-state index >= 15 is 8.78 Å². The van der Waals surface area contributed by atoms with Crippen LogP contribution in [0.1, 0.15) is 70.6 Å². The average molecular weight is 761 g/mol. The molecule has 2 aromatic carbocycles. The molecule has 3 aromatic heterocycles. The number of aromatic nitrogens is 5. The highest BCUT2D eigenvalue weighted by molar-refractivity contribution is 7.89. The molecular weight excluding hydrogens is 734 g/mol. The van der Waals surface area contributed by atoms with Crippen LogP contribution in [0.4, 0.5) is 26.3 Å². The Morgan fingerprint density at radius 3 is 2.46 bits per heavy atom. The van der Waals surface area contributed by atoms with E-state index in [1.165, 1.54) is 23.0 Å². The largest absolute Gasteiger partial charge is 0.298 e. The number of pyridine rings is 1. The Labute approximate surface area is 297 Å². The number of benzene rings is 2. The number of hydrogen-bond acceptors (Lipinski definition) is 7. The molecule has 0 bridgehead atoms. The number of fused-ring (bicyclic) bond motifs is 4. The molecule has 2 aliphatic rings. The number of carbonyl (C=O) groups excluding carboxylic acids is 1. The van der Waals surface area contributed by atoms with E-state index < -0.39 is 87.5 Å². The number of nitrogens with zero attached hydrogens (tertiary/aromatic N) is 6. The third kappa shape index (κ3) is 6.34. The van der Waals surface area contributed by atoms with Crippen LogP contribution >= 0.6 is 11.6 Å². The normalized spacial score (nSPS) is 18.0. The van der Waals surface area contributed by atoms with E-state index in [0.717, 1.165) is 18.4 Å². The average Bonchev–Trinajstić information content (AvgIpc) is 3.59. The Kier molecular flexibility index (Phi) is 8.73. The zero-order valence-corrected chi connectivity index (χ0v) is 28.9. The molecule has 1 saturated carbocycles. The van der Waals surface area contributed by atoms with E-state index in [-0.39, 0.29) is 51.5 Å². The standard InChI is InChI=1S/C35H27ClF6N6O3S/c1-47-32-22(3-4-26(36)29(32)27(45-47)15-52(2,50)51)23-8-17(12-43)13-44-30(23)18(5-16-6-19(37)10-20(38)7-16)9-21(49)14-48-33-28(31(46-48)34(39)40)24-11-25(24)35(33,41)42/h3-4,6-8,10,13,18,24-25,34H,5,9,11,14-15H2,1-2H3/t18-,24+,25-/m1/s1. The lowest BCUT2D eigenvalue weighted by Gasteiger charge is -2.21. The number of nitriles is 1. The lowest BCUT2D eigenvalue weighted by Crippen LogP contribution is -2.24. The van der Waals surface area contributed by atoms with Gasteiger partial charge in [0.1, 0.15) is 35.6 Å². The van der Waals surface area contributed by atoms with E-state index in [2.05, 4.69) is 15.2 Å². The first-order valence-electron chi connectivity index (χ1n) is 15.9. The van der Waals surface area contributed by atoms with Crippen LogP contribution in [0.2, 0.25) is 5.02 Å². The van der Waals surface area contributed by atoms with Crippen LogP contribution in [-0.2, 0) is 46.3 Å². The molecule has 17 heteroatoms. The van der Waals surface area contributed by atoms with Crippen molar-refractivity contribution in [3.8, 4) is 17.2 Å². The Balaban J connectivity index is 1.35. The number of sulfone groups is 1. The Morgan fingerprint density at radius 1 is 1.10 bits per heavy atom. The fourth-order valence-electron chi connectivity index (χ4n) is 7.47. The second-order valence-electron chi connectivity index (χ2n) is 13.3. The number of halogens is 7. The van der Waals surface area contributed by atoms with Crippen LogP contribution < -0.4 is 0 Å². The first kappa shape index (κ1) is 35.6. The highest BCUT2D eigenvalue weighted by atomic mass is 35.5. The minimum Gasteiger partial charge on any atom is -0.298 e. The summed E-state index contributed by atoms with van der Waals surface area (Å²) in [5.74, 6) is -9.32. The van der Waals surface area contributed by atoms with Gasteiger partial charge in [0.25, 0.3) is 12.3 Å². The molecule has 5 aromatic rings. The van der Waals surface area contributed by atoms with E-state index in [1.54, 1.807) is 13.1 Å². The second-order valence-corrected chi connectivity index (χ2v) is 15.9. The highest BCUT2D eigenvalue weighted by Gasteiger charge is 2.67. The maximum absolute atomic E-state index is 15.3. The van der Waals surface area contributed by atoms with Crippen molar-refractivity contribution in [2.24, 2.45) is 13.0 Å². The van der Waals surface area contributed by atoms with E-state index in [0.29, 0.717) is 27.2 Å². The molecule has 3 heterocycles. The summed E-state index contributed by atoms with van der Waals surface area (Å²) in [7, 11) is -2.01. The fourth-order valence-corrected chi connectivity index (χ4v) is 8.43. The minimum absolute atomic E-state index is 0.0448. The van der Waals surface area contributed by atoms with Crippen molar-refractivity contribution >= 4 is 38.1 Å². The molecule has 0 unspecified atom stereocenters. The van der Waals surface area contributed by atoms with Gasteiger partial charge >= 0.3 is 0 Å². The number of alkyl halides is 4. The van der Waals surface area contributed by atoms with Crippen LogP contribution in [0, 0.1) is 28.9 Å². The molecule has 7 rings (SSSR count). The summed E-state index contributed by atoms with van der Waals surface area (Å²) in [6, 6.07) is 9.35. The molecule has 0 spiro atoms. The van der Waals surface area contributed by atoms with Crippen molar-refractivity contribution in [2.75, 3.05) is 6.26 Å². The van der Waals surface area contributed by atoms with Crippen molar-refractivity contribution in [2.45, 2.75) is 55.7 Å². The lowest BCUT2D eigenvalue weighted by molar-refractivity contribution is -0.120. The maximum atomic E-state index is 15.3. The van der Waals surface area contributed by atoms with Gasteiger partial charge in [0.05, 0.1) is 33.2 Å². The molecule has 0 radical (unpaired) electrons. The molecular formula is C35H27ClF6N6O3S. The number of hydrogen-bond donors (Lipinski definition) is 0. The smallest absolute Gasteiger partial charge is 0.293 e. The molecule has 1 fully saturated rings. The fraction of sp³-hybridized carbons (Fsp3) is 0.343. The summed E-state index contributed by atoms with van der Waals surface area (Å²) in [6.45, 7) is -0.786. The summed E-state index contributed by atoms with van der Waals surface area (Å²) in [6.07, 6.45) is -1.49. The Bertz CT molecular complexity index is 2440. The van der Waals surface area contributed by atoms with Gasteiger partial charge in [0.2, 0.25) is 0 Å². The monoisotopic (exact) mass is 760 g/mol. The van der Waals surface area contributed by atoms with Gasteiger partial charge in [-0.3, -0.25) is 19.1 Å². The SMILES string of the molecule is Cn1nc(CS(C)(=O)=O)c2c(Cl)ccc(-c3cc(C#N)cnc3[C@@H](CC(=O)Cn3nc(C(F)F)c4c3C(F)(F)[C@@H]3C[C@H]43)Cc3cc(F)cc(F)c3)c21. The summed E-state index contributed by atoms with van der Waals surface area (Å²) < 4.78 is 114. The number of Topliss-reactive ketones (excluding diaryl/α,β-unsaturated/α-hetero) is 1. The van der Waals surface area contributed by atoms with Crippen molar-refractivity contribution in [3.63, 3.8) is 0 Å². The predicted molar refractivity (Wildman–Crippen MR) is 177 cm³/mol. The van der Waals surface area contributed by atoms with Gasteiger partial charge in [-0.05, 0) is 48.6 Å². The molecule has 2 aliphatic carbocycles. The van der Waals surface area contributed by atoms with Gasteiger partial charge in [-0.25, -0.2) is 26.0 Å². The number of carbonyl (C=O) groups is 1. The summed E-state index contributed by atoms with van der Waals surface area (Å²) in [5, 5.41) is 18.4. The number of ketones is 1.